The smallest absolute Gasteiger partial charge is 0.283 e. The van der Waals surface area contributed by atoms with E-state index in [-0.39, 0.29) is 12.0 Å². The van der Waals surface area contributed by atoms with Crippen LogP contribution in [-0.4, -0.2) is 31.5 Å². The molecule has 0 aromatic heterocycles. The summed E-state index contributed by atoms with van der Waals surface area (Å²) in [6.45, 7) is 6.31. The molecular weight excluding hydrogens is 400 g/mol. The van der Waals surface area contributed by atoms with Crippen molar-refractivity contribution in [2.75, 3.05) is 6.61 Å². The zero-order chi connectivity index (χ0) is 22.1. The zero-order valence-corrected chi connectivity index (χ0v) is 19.5. The van der Waals surface area contributed by atoms with Gasteiger partial charge in [0.1, 0.15) is 11.7 Å². The number of benzene rings is 3. The molecule has 1 radical (unpaired) electrons. The highest BCUT2D eigenvalue weighted by Crippen LogP contribution is 2.40. The number of rotatable bonds is 5. The van der Waals surface area contributed by atoms with Crippen molar-refractivity contribution in [1.29, 1.82) is 0 Å². The maximum atomic E-state index is 11.4. The summed E-state index contributed by atoms with van der Waals surface area (Å²) in [6.07, 6.45) is 0.645. The molecule has 0 saturated carbocycles. The molecule has 0 fully saturated rings. The van der Waals surface area contributed by atoms with Crippen LogP contribution in [-0.2, 0) is 16.3 Å². The lowest BCUT2D eigenvalue weighted by Gasteiger charge is -2.41. The first-order valence-corrected chi connectivity index (χ1v) is 12.3. The van der Waals surface area contributed by atoms with Gasteiger partial charge in [-0.2, -0.15) is 0 Å². The third-order valence-electron chi connectivity index (χ3n) is 6.19. The first kappa shape index (κ1) is 22.0. The van der Waals surface area contributed by atoms with Gasteiger partial charge in [-0.1, -0.05) is 99.6 Å². The van der Waals surface area contributed by atoms with Gasteiger partial charge < -0.3 is 14.6 Å². The molecule has 2 atom stereocenters. The van der Waals surface area contributed by atoms with E-state index in [2.05, 4.69) is 63.2 Å². The molecule has 0 spiro atoms. The summed E-state index contributed by atoms with van der Waals surface area (Å²) in [5.41, 5.74) is 2.16. The van der Waals surface area contributed by atoms with Crippen molar-refractivity contribution in [3.05, 3.63) is 95.6 Å². The number of aliphatic hydroxyl groups excluding tert-OH is 1. The molecule has 3 aromatic rings. The molecule has 31 heavy (non-hydrogen) atoms. The molecule has 0 aliphatic heterocycles. The fourth-order valence-corrected chi connectivity index (χ4v) is 6.48. The minimum Gasteiger partial charge on any atom is -0.397 e. The summed E-state index contributed by atoms with van der Waals surface area (Å²) in [4.78, 5) is 0. The Hall–Kier alpha value is -2.24. The molecule has 4 rings (SSSR count). The number of hydrogen-bond donors (Lipinski definition) is 2. The summed E-state index contributed by atoms with van der Waals surface area (Å²) in [5, 5.41) is 23.8. The highest BCUT2D eigenvalue weighted by molar-refractivity contribution is 6.80. The van der Waals surface area contributed by atoms with E-state index in [0.29, 0.717) is 6.42 Å². The summed E-state index contributed by atoms with van der Waals surface area (Å²) >= 11 is 0. The Morgan fingerprint density at radius 3 is 2.32 bits per heavy atom. The molecule has 1 aliphatic carbocycles. The van der Waals surface area contributed by atoms with Gasteiger partial charge in [0.2, 0.25) is 0 Å². The Kier molecular flexibility index (Phi) is 6.17. The van der Waals surface area contributed by atoms with Crippen LogP contribution in [0.4, 0.5) is 0 Å². The van der Waals surface area contributed by atoms with Gasteiger partial charge in [-0.05, 0) is 45.3 Å². The van der Waals surface area contributed by atoms with Gasteiger partial charge in [-0.3, -0.25) is 0 Å². The fraction of sp³-hybridized carbons (Fsp3) is 0.333. The summed E-state index contributed by atoms with van der Waals surface area (Å²) in [7, 11) is -1.67. The van der Waals surface area contributed by atoms with E-state index in [1.807, 2.05) is 36.4 Å². The van der Waals surface area contributed by atoms with Crippen LogP contribution in [0.5, 0.6) is 0 Å². The van der Waals surface area contributed by atoms with E-state index in [9.17, 15) is 10.2 Å². The number of fused-ring (bicyclic) bond motifs is 1. The SMILES string of the molecule is CC(C)(C)c1cccc([Si](OC2c3ccccc3CCC2(O)CO)c2ccccc2)c1. The van der Waals surface area contributed by atoms with Gasteiger partial charge in [-0.25, -0.2) is 0 Å². The molecule has 4 heteroatoms. The molecule has 3 nitrogen and oxygen atoms in total. The average molecular weight is 432 g/mol. The lowest BCUT2D eigenvalue weighted by molar-refractivity contribution is -0.107. The molecule has 0 bridgehead atoms. The minimum absolute atomic E-state index is 0.0307. The third-order valence-corrected chi connectivity index (χ3v) is 8.35. The molecule has 0 amide bonds. The molecule has 2 unspecified atom stereocenters. The van der Waals surface area contributed by atoms with Gasteiger partial charge in [0.25, 0.3) is 9.04 Å². The van der Waals surface area contributed by atoms with Crippen molar-refractivity contribution in [3.63, 3.8) is 0 Å². The van der Waals surface area contributed by atoms with Crippen LogP contribution < -0.4 is 10.4 Å². The molecule has 0 saturated heterocycles. The van der Waals surface area contributed by atoms with Crippen LogP contribution in [0, 0.1) is 0 Å². The molecular formula is C27H31O3Si. The normalized spacial score (nSPS) is 21.2. The maximum Gasteiger partial charge on any atom is 0.283 e. The lowest BCUT2D eigenvalue weighted by Crippen LogP contribution is -2.52. The minimum atomic E-state index is -1.67. The van der Waals surface area contributed by atoms with Gasteiger partial charge in [0, 0.05) is 0 Å². The van der Waals surface area contributed by atoms with Crippen molar-refractivity contribution in [2.24, 2.45) is 0 Å². The van der Waals surface area contributed by atoms with Gasteiger partial charge in [0.05, 0.1) is 6.61 Å². The average Bonchev–Trinajstić information content (AvgIpc) is 2.78. The van der Waals surface area contributed by atoms with Crippen LogP contribution in [0.3, 0.4) is 0 Å². The topological polar surface area (TPSA) is 49.7 Å². The maximum absolute atomic E-state index is 11.4. The monoisotopic (exact) mass is 431 g/mol. The summed E-state index contributed by atoms with van der Waals surface area (Å²) in [5.74, 6) is 0. The van der Waals surface area contributed by atoms with Gasteiger partial charge >= 0.3 is 0 Å². The predicted molar refractivity (Wildman–Crippen MR) is 127 cm³/mol. The molecule has 3 aromatic carbocycles. The lowest BCUT2D eigenvalue weighted by atomic mass is 9.78. The van der Waals surface area contributed by atoms with Crippen LogP contribution >= 0.6 is 0 Å². The third kappa shape index (κ3) is 4.53. The molecule has 1 aliphatic rings. The largest absolute Gasteiger partial charge is 0.397 e. The standard InChI is InChI=1S/C27H31O3Si/c1-26(2,3)21-11-9-14-23(18-21)31(22-12-5-4-6-13-22)30-25-24-15-8-7-10-20(24)16-17-27(25,29)19-28/h4-15,18,25,28-29H,16-17,19H2,1-3H3. The fourth-order valence-electron chi connectivity index (χ4n) is 4.26. The highest BCUT2D eigenvalue weighted by atomic mass is 28.3. The van der Waals surface area contributed by atoms with E-state index in [0.717, 1.165) is 22.4 Å². The van der Waals surface area contributed by atoms with E-state index in [4.69, 9.17) is 4.43 Å². The van der Waals surface area contributed by atoms with E-state index >= 15 is 0 Å². The van der Waals surface area contributed by atoms with Crippen LogP contribution in [0.15, 0.2) is 78.9 Å². The first-order chi connectivity index (χ1) is 14.8. The van der Waals surface area contributed by atoms with E-state index in [1.54, 1.807) is 0 Å². The van der Waals surface area contributed by atoms with Crippen molar-refractivity contribution < 1.29 is 14.6 Å². The Morgan fingerprint density at radius 1 is 0.935 bits per heavy atom. The Bertz CT molecular complexity index is 1030. The van der Waals surface area contributed by atoms with E-state index in [1.165, 1.54) is 11.1 Å². The first-order valence-electron chi connectivity index (χ1n) is 10.9. The quantitative estimate of drug-likeness (QED) is 0.608. The van der Waals surface area contributed by atoms with Crippen LogP contribution in [0.25, 0.3) is 0 Å². The van der Waals surface area contributed by atoms with Crippen molar-refractivity contribution >= 4 is 19.4 Å². The zero-order valence-electron chi connectivity index (χ0n) is 18.5. The second-order valence-electron chi connectivity index (χ2n) is 9.48. The summed E-state index contributed by atoms with van der Waals surface area (Å²) in [6, 6.07) is 27.0. The van der Waals surface area contributed by atoms with Crippen molar-refractivity contribution in [3.8, 4) is 0 Å². The molecule has 2 N–H and O–H groups in total. The Balaban J connectivity index is 1.81. The second-order valence-corrected chi connectivity index (χ2v) is 11.5. The Labute approximate surface area is 187 Å². The van der Waals surface area contributed by atoms with Crippen molar-refractivity contribution in [1.82, 2.24) is 0 Å². The van der Waals surface area contributed by atoms with Crippen LogP contribution in [0.1, 0.15) is 50.0 Å². The highest BCUT2D eigenvalue weighted by Gasteiger charge is 2.44. The summed E-state index contributed by atoms with van der Waals surface area (Å²) < 4.78 is 6.86. The van der Waals surface area contributed by atoms with E-state index < -0.39 is 20.7 Å². The van der Waals surface area contributed by atoms with Gasteiger partial charge in [0.15, 0.2) is 0 Å². The second kappa shape index (κ2) is 8.71. The molecule has 161 valence electrons. The number of hydrogen-bond acceptors (Lipinski definition) is 3. The number of aliphatic hydroxyl groups is 2. The number of aryl methyl sites for hydroxylation is 1. The van der Waals surface area contributed by atoms with Crippen LogP contribution in [0.2, 0.25) is 0 Å². The Morgan fingerprint density at radius 2 is 1.61 bits per heavy atom. The molecule has 0 heterocycles. The van der Waals surface area contributed by atoms with Gasteiger partial charge in [-0.15, -0.1) is 0 Å². The predicted octanol–water partition coefficient (Wildman–Crippen LogP) is 3.52. The van der Waals surface area contributed by atoms with Crippen molar-refractivity contribution in [2.45, 2.75) is 50.7 Å².